The van der Waals surface area contributed by atoms with E-state index >= 15 is 0 Å². The van der Waals surface area contributed by atoms with E-state index in [1.807, 2.05) is 37.2 Å². The molecule has 18 nitrogen and oxygen atoms in total. The third-order valence-electron chi connectivity index (χ3n) is 28.2. The predicted molar refractivity (Wildman–Crippen MR) is 550 cm³/mol. The van der Waals surface area contributed by atoms with Crippen LogP contribution < -0.4 is 30.6 Å². The van der Waals surface area contributed by atoms with Gasteiger partial charge in [-0.15, -0.1) is 0 Å². The van der Waals surface area contributed by atoms with Crippen LogP contribution in [0, 0.1) is 5.92 Å². The zero-order valence-corrected chi connectivity index (χ0v) is 90.3. The number of hydrogen-bond acceptors (Lipinski definition) is 12. The first-order chi connectivity index (χ1) is 64.7. The minimum absolute atomic E-state index is 0. The number of aromatic nitrogens is 18. The van der Waals surface area contributed by atoms with Crippen molar-refractivity contribution in [1.82, 2.24) is 91.1 Å². The molecule has 23 rings (SSSR count). The van der Waals surface area contributed by atoms with Gasteiger partial charge >= 0.3 is 63.2 Å². The van der Waals surface area contributed by atoms with Crippen LogP contribution in [0.4, 0.5) is 0 Å². The maximum atomic E-state index is 5.31. The molecule has 5 aliphatic rings. The molecule has 21 heteroatoms. The number of hydrogen-bond donors (Lipinski definition) is 0. The van der Waals surface area contributed by atoms with E-state index in [0.717, 1.165) is 219 Å². The maximum Gasteiger partial charge on any atom is 2.00 e. The summed E-state index contributed by atoms with van der Waals surface area (Å²) >= 11 is 0. The Hall–Kier alpha value is -10.9. The van der Waals surface area contributed by atoms with Crippen LogP contribution in [0.5, 0.6) is 0 Å². The molecule has 0 saturated heterocycles. The molecular formula is C117H128N18Pt3. The van der Waals surface area contributed by atoms with Crippen LogP contribution in [-0.2, 0) is 147 Å². The largest absolute Gasteiger partial charge is 2.00 e. The second-order valence-corrected chi connectivity index (χ2v) is 43.7. The van der Waals surface area contributed by atoms with Crippen molar-refractivity contribution in [2.24, 2.45) is 5.92 Å². The Kier molecular flexibility index (Phi) is 30.8. The van der Waals surface area contributed by atoms with E-state index in [0.29, 0.717) is 11.8 Å². The van der Waals surface area contributed by atoms with E-state index in [2.05, 4.69) is 341 Å². The predicted octanol–water partition coefficient (Wildman–Crippen LogP) is 26.3. The summed E-state index contributed by atoms with van der Waals surface area (Å²) in [7, 11) is 0. The van der Waals surface area contributed by atoms with E-state index in [4.69, 9.17) is 45.5 Å². The van der Waals surface area contributed by atoms with Gasteiger partial charge in [0, 0.05) is 104 Å². The van der Waals surface area contributed by atoms with Crippen LogP contribution in [0.15, 0.2) is 201 Å². The topological polar surface area (TPSA) is 239 Å². The second-order valence-electron chi connectivity index (χ2n) is 43.7. The number of fused-ring (bicyclic) bond motifs is 11. The van der Waals surface area contributed by atoms with E-state index in [-0.39, 0.29) is 95.7 Å². The molecule has 0 bridgehead atoms. The van der Waals surface area contributed by atoms with Crippen molar-refractivity contribution in [3.8, 4) is 68.3 Å². The number of rotatable bonds is 9. The van der Waals surface area contributed by atoms with E-state index in [1.165, 1.54) is 113 Å². The zero-order chi connectivity index (χ0) is 94.5. The Balaban J connectivity index is 0.000000135. The molecule has 0 amide bonds. The van der Waals surface area contributed by atoms with Crippen LogP contribution in [0.1, 0.15) is 286 Å². The van der Waals surface area contributed by atoms with Gasteiger partial charge in [0.25, 0.3) is 0 Å². The SMILES string of the molecule is CC(C)(C)c1ccncc1.CC(C)(C)c1ccncc1.CC(C)(C)c1ccncc1.CC(C)Cc1n[n-]c(-c2cc3cc4ccccc4cc3c(-c3[n-]nc4c3CCCC4(C)C)n2)c1C(C)C.CC1(C)CCCc2c1n[n-]c2-c1cc2cc3ccccc3cc2c(-c2[n-]nc3c2CCCC3(C)C)n1.[Pt+2].[Pt+2].[Pt+2].c1ccc2cc3c(-c4[n-]nc5c4CCCC5)nc(-c4[n-]nc5c4CCCC5)cc3cc2c1. The van der Waals surface area contributed by atoms with Gasteiger partial charge in [0.05, 0.1) is 34.2 Å². The number of nitrogens with zero attached hydrogens (tertiary/aromatic N) is 18. The Bertz CT molecular complexity index is 7190. The molecule has 716 valence electrons. The van der Waals surface area contributed by atoms with Gasteiger partial charge in [0.2, 0.25) is 0 Å². The van der Waals surface area contributed by atoms with E-state index in [9.17, 15) is 0 Å². The number of benzene rings is 6. The molecule has 0 spiro atoms. The molecular weight excluding hydrogens is 2240 g/mol. The Morgan fingerprint density at radius 2 is 0.572 bits per heavy atom. The monoisotopic (exact) mass is 2370 g/mol. The molecule has 0 aliphatic heterocycles. The van der Waals surface area contributed by atoms with E-state index < -0.39 is 0 Å². The van der Waals surface area contributed by atoms with Gasteiger partial charge in [-0.1, -0.05) is 239 Å². The molecule has 12 aromatic heterocycles. The van der Waals surface area contributed by atoms with E-state index in [1.54, 1.807) is 0 Å². The Morgan fingerprint density at radius 3 is 0.906 bits per heavy atom. The van der Waals surface area contributed by atoms with Crippen molar-refractivity contribution in [3.63, 3.8) is 0 Å². The molecule has 0 N–H and O–H groups in total. The fourth-order valence-electron chi connectivity index (χ4n) is 20.6. The van der Waals surface area contributed by atoms with Gasteiger partial charge in [-0.25, -0.2) is 0 Å². The molecule has 0 fully saturated rings. The molecule has 0 atom stereocenters. The van der Waals surface area contributed by atoms with Crippen molar-refractivity contribution in [3.05, 3.63) is 285 Å². The minimum atomic E-state index is 0. The second kappa shape index (κ2) is 41.9. The fraction of sp³-hybridized carbons (Fsp3) is 0.385. The van der Waals surface area contributed by atoms with Gasteiger partial charge in [-0.2, -0.15) is 0 Å². The third-order valence-corrected chi connectivity index (χ3v) is 28.2. The summed E-state index contributed by atoms with van der Waals surface area (Å²) in [5.41, 5.74) is 30.3. The first-order valence-electron chi connectivity index (χ1n) is 49.1. The Morgan fingerprint density at radius 1 is 0.297 bits per heavy atom. The van der Waals surface area contributed by atoms with Gasteiger partial charge in [-0.3, -0.25) is 29.9 Å². The first-order valence-corrected chi connectivity index (χ1v) is 49.1. The van der Waals surface area contributed by atoms with Gasteiger partial charge in [0.1, 0.15) is 0 Å². The van der Waals surface area contributed by atoms with Gasteiger partial charge in [0.15, 0.2) is 0 Å². The average Bonchev–Trinajstić information content (AvgIpc) is 1.48. The van der Waals surface area contributed by atoms with Crippen LogP contribution in [-0.4, -0.2) is 60.5 Å². The standard InChI is InChI=1S/C32H35N5.C31H31N5.C27H23N5.3C9H13N.3Pt/c1-18(2)14-25-27(19(3)4)30(36-34-25)26-17-22-15-20-10-7-8-11-21(20)16-24(22)28(33-26)29-23-12-9-13-32(5,6)31(23)37-35-29;1-30(2)13-7-11-21-25(33-35-28(21)30)24-17-20-15-18-9-5-6-10-19(18)16-23(20)26(32-24)27-22-12-8-14-31(3,4)29(22)36-34-27;1-2-8-17-14-21-18(13-16(17)7-1)15-24(25-19-9-3-5-11-22(19)29-31-25)28-26(21)27-20-10-4-6-12-23(20)30-32-27;3*1-9(2,3)8-4-6-10-7-5-8;;;/h7-8,10-11,15-19H,9,12-14H2,1-6H3;5-6,9-10,15-17H,7-8,11-14H2,1-4H3;1-2,7-8,13-15H,3-6,9-12H2;3*4-7H,1-3H3;;;/q3*-2;;;;3*+2. The first kappa shape index (κ1) is 102. The van der Waals surface area contributed by atoms with Gasteiger partial charge < -0.3 is 61.2 Å². The van der Waals surface area contributed by atoms with Crippen molar-refractivity contribution >= 4 is 64.6 Å². The maximum absolute atomic E-state index is 5.31. The summed E-state index contributed by atoms with van der Waals surface area (Å²) in [6.45, 7) is 42.4. The molecule has 138 heavy (non-hydrogen) atoms. The number of aryl methyl sites for hydroxylation is 2. The van der Waals surface area contributed by atoms with Crippen LogP contribution in [0.25, 0.3) is 133 Å². The Labute approximate surface area is 856 Å². The molecule has 0 radical (unpaired) electrons. The fourth-order valence-corrected chi connectivity index (χ4v) is 20.6. The van der Waals surface area contributed by atoms with Crippen molar-refractivity contribution in [2.45, 2.75) is 286 Å². The molecule has 12 heterocycles. The summed E-state index contributed by atoms with van der Waals surface area (Å²) in [6, 6.07) is 58.1. The van der Waals surface area contributed by atoms with Crippen molar-refractivity contribution in [2.75, 3.05) is 0 Å². The summed E-state index contributed by atoms with van der Waals surface area (Å²) < 4.78 is 0. The van der Waals surface area contributed by atoms with Crippen LogP contribution in [0.2, 0.25) is 0 Å². The molecule has 18 aromatic rings. The third kappa shape index (κ3) is 21.5. The van der Waals surface area contributed by atoms with Crippen molar-refractivity contribution in [1.29, 1.82) is 0 Å². The molecule has 6 aromatic carbocycles. The zero-order valence-electron chi connectivity index (χ0n) is 83.4. The van der Waals surface area contributed by atoms with Crippen molar-refractivity contribution < 1.29 is 63.2 Å². The smallest absolute Gasteiger partial charge is 0.573 e. The molecule has 5 aliphatic carbocycles. The van der Waals surface area contributed by atoms with Gasteiger partial charge in [-0.05, 0) is 333 Å². The summed E-state index contributed by atoms with van der Waals surface area (Å²) in [4.78, 5) is 27.7. The summed E-state index contributed by atoms with van der Waals surface area (Å²) in [5.74, 6) is 0.826. The quantitative estimate of drug-likeness (QED) is 0.122. The minimum Gasteiger partial charge on any atom is -0.573 e. The molecule has 0 unspecified atom stereocenters. The number of pyridine rings is 6. The normalized spacial score (nSPS) is 15.0. The van der Waals surface area contributed by atoms with Crippen LogP contribution in [0.3, 0.4) is 0 Å². The van der Waals surface area contributed by atoms with Crippen LogP contribution >= 0.6 is 0 Å². The summed E-state index contributed by atoms with van der Waals surface area (Å²) in [6.07, 6.45) is 30.7. The molecule has 0 saturated carbocycles. The summed E-state index contributed by atoms with van der Waals surface area (Å²) in [5, 5.41) is 70.2. The average molecular weight is 2370 g/mol.